The van der Waals surface area contributed by atoms with Crippen LogP contribution in [-0.4, -0.2) is 25.8 Å². The zero-order valence-electron chi connectivity index (χ0n) is 8.37. The molecule has 0 saturated carbocycles. The Labute approximate surface area is 84.5 Å². The molecule has 1 amide bonds. The number of primary amides is 1. The molecule has 1 unspecified atom stereocenters. The molecule has 0 radical (unpaired) electrons. The lowest BCUT2D eigenvalue weighted by Crippen LogP contribution is -2.28. The van der Waals surface area contributed by atoms with Gasteiger partial charge in [0.25, 0.3) is 0 Å². The van der Waals surface area contributed by atoms with Gasteiger partial charge in [0.2, 0.25) is 0 Å². The van der Waals surface area contributed by atoms with Crippen molar-refractivity contribution in [2.24, 2.45) is 11.7 Å². The number of nitrogens with one attached hydrogen (secondary N) is 1. The molecule has 4 heteroatoms. The van der Waals surface area contributed by atoms with Crippen molar-refractivity contribution in [1.29, 1.82) is 0 Å². The molecule has 0 aromatic carbocycles. The molecule has 14 heavy (non-hydrogen) atoms. The van der Waals surface area contributed by atoms with E-state index in [0.717, 1.165) is 18.9 Å². The van der Waals surface area contributed by atoms with Gasteiger partial charge in [0.05, 0.1) is 0 Å². The fraction of sp³-hybridized carbons (Fsp3) is 0.700. The first kappa shape index (κ1) is 11.0. The van der Waals surface area contributed by atoms with Crippen molar-refractivity contribution in [3.8, 4) is 0 Å². The molecule has 3 N–H and O–H groups in total. The summed E-state index contributed by atoms with van der Waals surface area (Å²) in [5.74, 6) is 0.730. The topological polar surface area (TPSA) is 64.4 Å². The van der Waals surface area contributed by atoms with Crippen molar-refractivity contribution in [1.82, 2.24) is 5.32 Å². The van der Waals surface area contributed by atoms with Crippen LogP contribution in [0.1, 0.15) is 19.3 Å². The Balaban J connectivity index is 1.93. The predicted octanol–water partition coefficient (Wildman–Crippen LogP) is 1.03. The number of allylic oxidation sites excluding steroid dienone is 2. The van der Waals surface area contributed by atoms with E-state index in [2.05, 4.69) is 22.2 Å². The highest BCUT2D eigenvalue weighted by atomic mass is 16.5. The number of carbonyl (C=O) groups is 1. The SMILES string of the molecule is NC(=O)OCCNCC1CC=CCC1. The molecule has 80 valence electrons. The van der Waals surface area contributed by atoms with E-state index in [9.17, 15) is 4.79 Å². The number of hydrogen-bond donors (Lipinski definition) is 2. The number of nitrogens with two attached hydrogens (primary N) is 1. The maximum Gasteiger partial charge on any atom is 0.404 e. The number of ether oxygens (including phenoxy) is 1. The molecule has 0 spiro atoms. The Kier molecular flexibility index (Phi) is 5.07. The first-order chi connectivity index (χ1) is 6.79. The zero-order chi connectivity index (χ0) is 10.2. The van der Waals surface area contributed by atoms with Crippen LogP contribution in [0.25, 0.3) is 0 Å². The molecule has 1 aliphatic carbocycles. The van der Waals surface area contributed by atoms with Crippen molar-refractivity contribution < 1.29 is 9.53 Å². The lowest BCUT2D eigenvalue weighted by molar-refractivity contribution is 0.157. The van der Waals surface area contributed by atoms with Crippen LogP contribution in [0.15, 0.2) is 12.2 Å². The molecule has 0 heterocycles. The van der Waals surface area contributed by atoms with Crippen molar-refractivity contribution in [3.63, 3.8) is 0 Å². The largest absolute Gasteiger partial charge is 0.448 e. The summed E-state index contributed by atoms with van der Waals surface area (Å²) in [6.45, 7) is 2.04. The normalized spacial score (nSPS) is 20.7. The highest BCUT2D eigenvalue weighted by Crippen LogP contribution is 2.16. The highest BCUT2D eigenvalue weighted by Gasteiger charge is 2.08. The summed E-state index contributed by atoms with van der Waals surface area (Å²) >= 11 is 0. The molecular weight excluding hydrogens is 180 g/mol. The van der Waals surface area contributed by atoms with Gasteiger partial charge in [0, 0.05) is 6.54 Å². The zero-order valence-corrected chi connectivity index (χ0v) is 8.37. The van der Waals surface area contributed by atoms with E-state index in [-0.39, 0.29) is 0 Å². The number of hydrogen-bond acceptors (Lipinski definition) is 3. The molecule has 1 atom stereocenters. The van der Waals surface area contributed by atoms with Gasteiger partial charge in [-0.3, -0.25) is 0 Å². The molecule has 0 bridgehead atoms. The molecule has 0 aromatic rings. The number of amides is 1. The molecular formula is C10H18N2O2. The van der Waals surface area contributed by atoms with Crippen molar-refractivity contribution in [2.75, 3.05) is 19.7 Å². The maximum absolute atomic E-state index is 10.2. The molecule has 1 rings (SSSR count). The fourth-order valence-corrected chi connectivity index (χ4v) is 1.57. The number of carbonyl (C=O) groups excluding carboxylic acids is 1. The second kappa shape index (κ2) is 6.43. The van der Waals surface area contributed by atoms with Gasteiger partial charge in [0.15, 0.2) is 0 Å². The Bertz CT molecular complexity index is 204. The van der Waals surface area contributed by atoms with E-state index in [1.807, 2.05) is 0 Å². The third-order valence-electron chi connectivity index (χ3n) is 2.33. The summed E-state index contributed by atoms with van der Waals surface area (Å²) in [6, 6.07) is 0. The summed E-state index contributed by atoms with van der Waals surface area (Å²) in [7, 11) is 0. The third kappa shape index (κ3) is 4.87. The Morgan fingerprint density at radius 3 is 3.07 bits per heavy atom. The smallest absolute Gasteiger partial charge is 0.404 e. The van der Waals surface area contributed by atoms with Crippen molar-refractivity contribution in [3.05, 3.63) is 12.2 Å². The minimum atomic E-state index is -0.701. The van der Waals surface area contributed by atoms with E-state index in [1.54, 1.807) is 0 Å². The van der Waals surface area contributed by atoms with Crippen LogP contribution >= 0.6 is 0 Å². The molecule has 1 aliphatic rings. The average Bonchev–Trinajstić information content (AvgIpc) is 2.18. The van der Waals surface area contributed by atoms with Gasteiger partial charge in [-0.2, -0.15) is 0 Å². The van der Waals surface area contributed by atoms with E-state index < -0.39 is 6.09 Å². The van der Waals surface area contributed by atoms with Crippen molar-refractivity contribution in [2.45, 2.75) is 19.3 Å². The highest BCUT2D eigenvalue weighted by molar-refractivity contribution is 5.64. The number of rotatable bonds is 5. The summed E-state index contributed by atoms with van der Waals surface area (Å²) in [4.78, 5) is 10.2. The van der Waals surface area contributed by atoms with Crippen LogP contribution in [0.4, 0.5) is 4.79 Å². The maximum atomic E-state index is 10.2. The van der Waals surface area contributed by atoms with Crippen molar-refractivity contribution >= 4 is 6.09 Å². The van der Waals surface area contributed by atoms with Gasteiger partial charge in [-0.15, -0.1) is 0 Å². The third-order valence-corrected chi connectivity index (χ3v) is 2.33. The molecule has 4 nitrogen and oxygen atoms in total. The second-order valence-electron chi connectivity index (χ2n) is 3.52. The van der Waals surface area contributed by atoms with Crippen LogP contribution in [-0.2, 0) is 4.74 Å². The summed E-state index contributed by atoms with van der Waals surface area (Å²) in [6.07, 6.45) is 7.35. The van der Waals surface area contributed by atoms with Gasteiger partial charge in [0.1, 0.15) is 6.61 Å². The quantitative estimate of drug-likeness (QED) is 0.512. The Hall–Kier alpha value is -1.03. The lowest BCUT2D eigenvalue weighted by atomic mass is 9.94. The van der Waals surface area contributed by atoms with Crippen LogP contribution in [0, 0.1) is 5.92 Å². The summed E-state index contributed by atoms with van der Waals surface area (Å²) in [5, 5.41) is 3.24. The average molecular weight is 198 g/mol. The molecule has 0 aromatic heterocycles. The minimum Gasteiger partial charge on any atom is -0.448 e. The Morgan fingerprint density at radius 2 is 2.43 bits per heavy atom. The van der Waals surface area contributed by atoms with Crippen LogP contribution < -0.4 is 11.1 Å². The van der Waals surface area contributed by atoms with E-state index in [4.69, 9.17) is 5.73 Å². The Morgan fingerprint density at radius 1 is 1.57 bits per heavy atom. The van der Waals surface area contributed by atoms with E-state index in [0.29, 0.717) is 13.2 Å². The summed E-state index contributed by atoms with van der Waals surface area (Å²) in [5.41, 5.74) is 4.82. The van der Waals surface area contributed by atoms with Crippen LogP contribution in [0.2, 0.25) is 0 Å². The first-order valence-electron chi connectivity index (χ1n) is 5.07. The van der Waals surface area contributed by atoms with Gasteiger partial charge < -0.3 is 15.8 Å². The monoisotopic (exact) mass is 198 g/mol. The van der Waals surface area contributed by atoms with Gasteiger partial charge in [-0.1, -0.05) is 12.2 Å². The van der Waals surface area contributed by atoms with Gasteiger partial charge >= 0.3 is 6.09 Å². The second-order valence-corrected chi connectivity index (χ2v) is 3.52. The van der Waals surface area contributed by atoms with Crippen LogP contribution in [0.5, 0.6) is 0 Å². The molecule has 0 fully saturated rings. The lowest BCUT2D eigenvalue weighted by Gasteiger charge is -2.17. The fourth-order valence-electron chi connectivity index (χ4n) is 1.57. The first-order valence-corrected chi connectivity index (χ1v) is 5.07. The standard InChI is InChI=1S/C10H18N2O2/c11-10(13)14-7-6-12-8-9-4-2-1-3-5-9/h1-2,9,12H,3-8H2,(H2,11,13). The van der Waals surface area contributed by atoms with Gasteiger partial charge in [-0.25, -0.2) is 4.79 Å². The molecule has 0 saturated heterocycles. The molecule has 0 aliphatic heterocycles. The minimum absolute atomic E-state index is 0.359. The van der Waals surface area contributed by atoms with E-state index in [1.165, 1.54) is 12.8 Å². The summed E-state index contributed by atoms with van der Waals surface area (Å²) < 4.78 is 4.59. The predicted molar refractivity (Wildman–Crippen MR) is 54.9 cm³/mol. The van der Waals surface area contributed by atoms with Crippen LogP contribution in [0.3, 0.4) is 0 Å². The van der Waals surface area contributed by atoms with E-state index >= 15 is 0 Å². The van der Waals surface area contributed by atoms with Gasteiger partial charge in [-0.05, 0) is 31.7 Å².